The van der Waals surface area contributed by atoms with E-state index in [9.17, 15) is 0 Å². The van der Waals surface area contributed by atoms with Crippen LogP contribution < -0.4 is 0 Å². The van der Waals surface area contributed by atoms with Crippen molar-refractivity contribution in [3.05, 3.63) is 72.2 Å². The largest absolute Gasteiger partial charge is 0.342 e. The van der Waals surface area contributed by atoms with E-state index in [-0.39, 0.29) is 0 Å². The van der Waals surface area contributed by atoms with Crippen LogP contribution in [0.3, 0.4) is 0 Å². The van der Waals surface area contributed by atoms with E-state index in [0.29, 0.717) is 22.7 Å². The molecule has 4 aliphatic carbocycles. The number of nitrogens with zero attached hydrogens (tertiary/aromatic N) is 1. The van der Waals surface area contributed by atoms with Gasteiger partial charge >= 0.3 is 0 Å². The monoisotopic (exact) mass is 439 g/mol. The Morgan fingerprint density at radius 3 is 2.46 bits per heavy atom. The van der Waals surface area contributed by atoms with Gasteiger partial charge in [-0.3, -0.25) is 0 Å². The minimum atomic E-state index is 0.548. The summed E-state index contributed by atoms with van der Waals surface area (Å²) in [6.07, 6.45) is 36.6. The Hall–Kier alpha value is -1.28. The number of hydrogen-bond donors (Lipinski definition) is 0. The van der Waals surface area contributed by atoms with Crippen LogP contribution in [0.5, 0.6) is 0 Å². The molecule has 0 aromatic rings. The van der Waals surface area contributed by atoms with Gasteiger partial charge in [-0.15, -0.1) is 0 Å². The molecule has 150 valence electrons. The Morgan fingerprint density at radius 1 is 0.857 bits per heavy atom. The maximum Gasteiger partial charge on any atom is 0.0376 e. The van der Waals surface area contributed by atoms with E-state index in [0.717, 1.165) is 6.42 Å². The molecule has 0 aromatic carbocycles. The second-order valence-corrected chi connectivity index (χ2v) is 9.84. The Morgan fingerprint density at radius 2 is 1.79 bits per heavy atom. The van der Waals surface area contributed by atoms with Crippen LogP contribution in [0.4, 0.5) is 0 Å². The van der Waals surface area contributed by atoms with Gasteiger partial charge in [-0.2, -0.15) is 0 Å². The van der Waals surface area contributed by atoms with E-state index in [2.05, 4.69) is 81.6 Å². The molecule has 0 N–H and O–H groups in total. The van der Waals surface area contributed by atoms with Crippen LogP contribution in [0.15, 0.2) is 72.2 Å². The minimum absolute atomic E-state index is 0.548. The van der Waals surface area contributed by atoms with Crippen molar-refractivity contribution in [2.75, 3.05) is 0 Å². The molecule has 0 saturated heterocycles. The molecule has 4 rings (SSSR count). The first-order valence-corrected chi connectivity index (χ1v) is 12.2. The maximum atomic E-state index is 3.69. The molecule has 0 saturated carbocycles. The molecule has 2 heteroatoms. The predicted molar refractivity (Wildman–Crippen MR) is 124 cm³/mol. The zero-order chi connectivity index (χ0) is 19.2. The molecule has 0 aromatic heterocycles. The summed E-state index contributed by atoms with van der Waals surface area (Å²) in [5.74, 6) is 1.16. The summed E-state index contributed by atoms with van der Waals surface area (Å²) in [7, 11) is 0. The van der Waals surface area contributed by atoms with Crippen LogP contribution in [0.1, 0.15) is 64.2 Å². The fourth-order valence-electron chi connectivity index (χ4n) is 4.86. The summed E-state index contributed by atoms with van der Waals surface area (Å²) in [5.41, 5.74) is 3.02. The van der Waals surface area contributed by atoms with E-state index in [1.165, 1.54) is 63.5 Å². The first kappa shape index (κ1) is 20.0. The average Bonchev–Trinajstić information content (AvgIpc) is 2.76. The van der Waals surface area contributed by atoms with E-state index in [1.54, 1.807) is 5.70 Å². The number of alkyl halides is 1. The molecule has 28 heavy (non-hydrogen) atoms. The fourth-order valence-corrected chi connectivity index (χ4v) is 5.30. The van der Waals surface area contributed by atoms with Crippen molar-refractivity contribution >= 4 is 15.9 Å². The highest BCUT2D eigenvalue weighted by Gasteiger charge is 2.25. The molecule has 0 bridgehead atoms. The normalized spacial score (nSPS) is 33.0. The van der Waals surface area contributed by atoms with Crippen molar-refractivity contribution in [2.24, 2.45) is 11.8 Å². The molecule has 0 radical (unpaired) electrons. The number of halogens is 1. The molecule has 4 aliphatic rings. The fraction of sp³-hybridized carbons (Fsp3) is 0.538. The van der Waals surface area contributed by atoms with Gasteiger partial charge < -0.3 is 4.90 Å². The highest BCUT2D eigenvalue weighted by Crippen LogP contribution is 2.34. The van der Waals surface area contributed by atoms with Gasteiger partial charge in [-0.25, -0.2) is 0 Å². The van der Waals surface area contributed by atoms with E-state index in [1.807, 2.05) is 0 Å². The lowest BCUT2D eigenvalue weighted by atomic mass is 9.91. The summed E-state index contributed by atoms with van der Waals surface area (Å²) < 4.78 is 0. The third kappa shape index (κ3) is 5.20. The summed E-state index contributed by atoms with van der Waals surface area (Å²) >= 11 is 3.69. The lowest BCUT2D eigenvalue weighted by Crippen LogP contribution is -2.35. The molecular formula is C26H34BrN. The van der Waals surface area contributed by atoms with Gasteiger partial charge in [-0.05, 0) is 82.1 Å². The summed E-state index contributed by atoms with van der Waals surface area (Å²) in [4.78, 5) is 3.27. The van der Waals surface area contributed by atoms with E-state index < -0.39 is 0 Å². The Kier molecular flexibility index (Phi) is 7.12. The lowest BCUT2D eigenvalue weighted by Gasteiger charge is -2.39. The van der Waals surface area contributed by atoms with Gasteiger partial charge in [0, 0.05) is 22.3 Å². The topological polar surface area (TPSA) is 3.24 Å². The van der Waals surface area contributed by atoms with Gasteiger partial charge in [0.2, 0.25) is 0 Å². The summed E-state index contributed by atoms with van der Waals surface area (Å²) in [6.45, 7) is 0. The molecule has 4 atom stereocenters. The van der Waals surface area contributed by atoms with Crippen LogP contribution in [0.2, 0.25) is 0 Å². The molecule has 0 fully saturated rings. The third-order valence-corrected chi connectivity index (χ3v) is 7.29. The number of allylic oxidation sites excluding steroid dienone is 10. The molecule has 4 unspecified atom stereocenters. The number of rotatable bonds is 5. The van der Waals surface area contributed by atoms with Crippen LogP contribution in [0.25, 0.3) is 0 Å². The average molecular weight is 440 g/mol. The predicted octanol–water partition coefficient (Wildman–Crippen LogP) is 7.60. The zero-order valence-electron chi connectivity index (χ0n) is 17.0. The quantitative estimate of drug-likeness (QED) is 0.314. The first-order chi connectivity index (χ1) is 13.8. The minimum Gasteiger partial charge on any atom is -0.342 e. The second kappa shape index (κ2) is 9.96. The SMILES string of the molecule is BrC1C=CC(/C=C/C2C=CC(N(C3=CCCCC3)C3CC=CCC3)=CC2)CC1. The lowest BCUT2D eigenvalue weighted by molar-refractivity contribution is 0.282. The van der Waals surface area contributed by atoms with Crippen LogP contribution in [-0.4, -0.2) is 15.8 Å². The second-order valence-electron chi connectivity index (χ2n) is 8.66. The molecule has 1 nitrogen and oxygen atoms in total. The highest BCUT2D eigenvalue weighted by atomic mass is 79.9. The van der Waals surface area contributed by atoms with Gasteiger partial charge in [0.1, 0.15) is 0 Å². The molecule has 0 heterocycles. The van der Waals surface area contributed by atoms with Gasteiger partial charge in [0.15, 0.2) is 0 Å². The molecule has 0 spiro atoms. The molecule has 0 aliphatic heterocycles. The van der Waals surface area contributed by atoms with Crippen LogP contribution in [0, 0.1) is 11.8 Å². The van der Waals surface area contributed by atoms with Gasteiger partial charge in [-0.1, -0.05) is 70.6 Å². The van der Waals surface area contributed by atoms with Crippen LogP contribution >= 0.6 is 15.9 Å². The van der Waals surface area contributed by atoms with Crippen molar-refractivity contribution in [1.29, 1.82) is 0 Å². The van der Waals surface area contributed by atoms with Gasteiger partial charge in [0.25, 0.3) is 0 Å². The molecular weight excluding hydrogens is 406 g/mol. The van der Waals surface area contributed by atoms with Crippen molar-refractivity contribution in [3.8, 4) is 0 Å². The standard InChI is InChI=1S/C26H34BrN/c27-23-17-13-21(14-18-23)11-12-22-15-19-26(20-16-22)28(24-7-3-1-4-8-24)25-9-5-2-6-10-25/h1,3,9,11-13,15,17,19-24H,2,4-8,10,14,16,18H2/b12-11+. The zero-order valence-corrected chi connectivity index (χ0v) is 18.6. The van der Waals surface area contributed by atoms with E-state index >= 15 is 0 Å². The Labute approximate surface area is 179 Å². The summed E-state index contributed by atoms with van der Waals surface area (Å²) in [6, 6.07) is 0.641. The number of hydrogen-bond acceptors (Lipinski definition) is 1. The third-order valence-electron chi connectivity index (χ3n) is 6.52. The van der Waals surface area contributed by atoms with Gasteiger partial charge in [0.05, 0.1) is 0 Å². The van der Waals surface area contributed by atoms with E-state index in [4.69, 9.17) is 0 Å². The Bertz CT molecular complexity index is 708. The maximum absolute atomic E-state index is 3.69. The van der Waals surface area contributed by atoms with Crippen molar-refractivity contribution in [1.82, 2.24) is 4.90 Å². The highest BCUT2D eigenvalue weighted by molar-refractivity contribution is 9.09. The smallest absolute Gasteiger partial charge is 0.0376 e. The summed E-state index contributed by atoms with van der Waals surface area (Å²) in [5, 5.41) is 0. The van der Waals surface area contributed by atoms with Crippen molar-refractivity contribution in [3.63, 3.8) is 0 Å². The molecule has 0 amide bonds. The van der Waals surface area contributed by atoms with Crippen molar-refractivity contribution < 1.29 is 0 Å². The Balaban J connectivity index is 1.42. The van der Waals surface area contributed by atoms with Crippen molar-refractivity contribution in [2.45, 2.75) is 75.1 Å². The van der Waals surface area contributed by atoms with Crippen LogP contribution in [-0.2, 0) is 0 Å². The first-order valence-electron chi connectivity index (χ1n) is 11.3.